The number of esters is 3. The van der Waals surface area contributed by atoms with Crippen LogP contribution in [0.25, 0.3) is 0 Å². The Bertz CT molecular complexity index is 658. The summed E-state index contributed by atoms with van der Waals surface area (Å²) >= 11 is 0. The Hall–Kier alpha value is -2.44. The van der Waals surface area contributed by atoms with Crippen molar-refractivity contribution in [3.8, 4) is 0 Å². The highest BCUT2D eigenvalue weighted by Crippen LogP contribution is 2.31. The molecule has 0 heterocycles. The van der Waals surface area contributed by atoms with Crippen molar-refractivity contribution in [1.29, 1.82) is 0 Å². The number of amides is 2. The maximum absolute atomic E-state index is 13.0. The smallest absolute Gasteiger partial charge is 0.320 e. The van der Waals surface area contributed by atoms with E-state index in [1.165, 1.54) is 4.90 Å². The van der Waals surface area contributed by atoms with Crippen molar-refractivity contribution in [3.63, 3.8) is 0 Å². The molecule has 1 saturated carbocycles. The van der Waals surface area contributed by atoms with Crippen LogP contribution in [0.15, 0.2) is 0 Å². The third-order valence-electron chi connectivity index (χ3n) is 5.58. The third-order valence-corrected chi connectivity index (χ3v) is 5.58. The van der Waals surface area contributed by atoms with Gasteiger partial charge in [-0.2, -0.15) is 0 Å². The van der Waals surface area contributed by atoms with E-state index in [9.17, 15) is 19.2 Å². The Morgan fingerprint density at radius 2 is 1.50 bits per heavy atom. The molecule has 1 aliphatic carbocycles. The first-order chi connectivity index (χ1) is 16.2. The number of nitrogens with one attached hydrogen (secondary N) is 2. The molecule has 0 spiro atoms. The Morgan fingerprint density at radius 1 is 0.941 bits per heavy atom. The molecular weight excluding hydrogens is 446 g/mol. The molecule has 0 bridgehead atoms. The fourth-order valence-electron chi connectivity index (χ4n) is 4.09. The second kappa shape index (κ2) is 15.5. The summed E-state index contributed by atoms with van der Waals surface area (Å²) in [6.07, 6.45) is 2.61. The molecule has 1 rings (SSSR count). The molecule has 0 saturated heterocycles. The molecule has 2 atom stereocenters. The predicted molar refractivity (Wildman–Crippen MR) is 125 cm³/mol. The summed E-state index contributed by atoms with van der Waals surface area (Å²) in [6.45, 7) is 5.85. The SMILES string of the molecule is CCOC(=O)CN[C@@]1(NC(=O)N(C)CCN)CCCC[C@H]1N(CC(=O)OCC)CC(=O)OCC. The molecule has 2 amide bonds. The maximum Gasteiger partial charge on any atom is 0.320 e. The van der Waals surface area contributed by atoms with Gasteiger partial charge in [-0.15, -0.1) is 0 Å². The lowest BCUT2D eigenvalue weighted by Crippen LogP contribution is -2.73. The van der Waals surface area contributed by atoms with Gasteiger partial charge in [0.1, 0.15) is 5.66 Å². The molecule has 12 heteroatoms. The number of nitrogens with two attached hydrogens (primary N) is 1. The van der Waals surface area contributed by atoms with E-state index in [1.54, 1.807) is 32.7 Å². The second-order valence-electron chi connectivity index (χ2n) is 8.05. The van der Waals surface area contributed by atoms with Crippen LogP contribution in [0.4, 0.5) is 4.79 Å². The summed E-state index contributed by atoms with van der Waals surface area (Å²) in [6, 6.07) is -0.888. The van der Waals surface area contributed by atoms with E-state index in [1.807, 2.05) is 0 Å². The number of hydrogen-bond acceptors (Lipinski definition) is 10. The average Bonchev–Trinajstić information content (AvgIpc) is 2.78. The van der Waals surface area contributed by atoms with Gasteiger partial charge >= 0.3 is 23.9 Å². The summed E-state index contributed by atoms with van der Waals surface area (Å²) in [4.78, 5) is 53.0. The van der Waals surface area contributed by atoms with Crippen LogP contribution in [0.1, 0.15) is 46.5 Å². The summed E-state index contributed by atoms with van der Waals surface area (Å²) in [5.41, 5.74) is 4.49. The third kappa shape index (κ3) is 9.43. The highest BCUT2D eigenvalue weighted by atomic mass is 16.5. The minimum absolute atomic E-state index is 0.155. The van der Waals surface area contributed by atoms with Crippen LogP contribution in [-0.4, -0.2) is 105 Å². The van der Waals surface area contributed by atoms with Gasteiger partial charge in [0.15, 0.2) is 0 Å². The highest BCUT2D eigenvalue weighted by Gasteiger charge is 2.46. The molecule has 0 radical (unpaired) electrons. The van der Waals surface area contributed by atoms with Gasteiger partial charge in [-0.3, -0.25) is 24.6 Å². The Balaban J connectivity index is 3.32. The standard InChI is InChI=1S/C22H41N5O7/c1-5-32-18(28)14-24-22(25-21(31)26(4)13-12-23)11-9-8-10-17(22)27(15-19(29)33-6-2)16-20(30)34-7-3/h17,24H,5-16,23H2,1-4H3,(H,25,31)/t17-,22-/m1/s1. The molecule has 1 aliphatic rings. The van der Waals surface area contributed by atoms with Crippen molar-refractivity contribution in [2.75, 3.05) is 59.6 Å². The van der Waals surface area contributed by atoms with Gasteiger partial charge in [0.2, 0.25) is 0 Å². The number of rotatable bonds is 14. The molecule has 196 valence electrons. The van der Waals surface area contributed by atoms with Crippen molar-refractivity contribution in [1.82, 2.24) is 20.4 Å². The lowest BCUT2D eigenvalue weighted by molar-refractivity contribution is -0.151. The van der Waals surface area contributed by atoms with Crippen LogP contribution < -0.4 is 16.4 Å². The largest absolute Gasteiger partial charge is 0.465 e. The number of urea groups is 1. The lowest BCUT2D eigenvalue weighted by Gasteiger charge is -2.49. The number of likely N-dealkylation sites (N-methyl/N-ethyl adjacent to an activating group) is 1. The molecule has 12 nitrogen and oxygen atoms in total. The van der Waals surface area contributed by atoms with Crippen LogP contribution >= 0.6 is 0 Å². The van der Waals surface area contributed by atoms with Gasteiger partial charge in [-0.25, -0.2) is 4.79 Å². The van der Waals surface area contributed by atoms with E-state index in [2.05, 4.69) is 10.6 Å². The zero-order valence-corrected chi connectivity index (χ0v) is 20.9. The molecule has 0 aromatic heterocycles. The zero-order valence-electron chi connectivity index (χ0n) is 20.9. The van der Waals surface area contributed by atoms with E-state index < -0.39 is 29.6 Å². The van der Waals surface area contributed by atoms with Gasteiger partial charge in [0.25, 0.3) is 0 Å². The number of carbonyl (C=O) groups excluding carboxylic acids is 4. The van der Waals surface area contributed by atoms with Crippen LogP contribution in [0.3, 0.4) is 0 Å². The first kappa shape index (κ1) is 29.6. The summed E-state index contributed by atoms with van der Waals surface area (Å²) in [5, 5.41) is 6.20. The molecule has 0 aromatic rings. The fraction of sp³-hybridized carbons (Fsp3) is 0.818. The second-order valence-corrected chi connectivity index (χ2v) is 8.05. The van der Waals surface area contributed by atoms with E-state index in [0.29, 0.717) is 19.4 Å². The van der Waals surface area contributed by atoms with Gasteiger partial charge in [0.05, 0.1) is 39.5 Å². The number of carbonyl (C=O) groups is 4. The molecule has 0 aromatic carbocycles. The van der Waals surface area contributed by atoms with Crippen LogP contribution in [0, 0.1) is 0 Å². The molecule has 0 aliphatic heterocycles. The first-order valence-corrected chi connectivity index (χ1v) is 11.9. The van der Waals surface area contributed by atoms with E-state index >= 15 is 0 Å². The summed E-state index contributed by atoms with van der Waals surface area (Å²) in [5.74, 6) is -1.47. The Labute approximate surface area is 201 Å². The molecule has 0 unspecified atom stereocenters. The van der Waals surface area contributed by atoms with Crippen LogP contribution in [0.5, 0.6) is 0 Å². The molecule has 34 heavy (non-hydrogen) atoms. The summed E-state index contributed by atoms with van der Waals surface area (Å²) < 4.78 is 15.3. The molecule has 1 fully saturated rings. The van der Waals surface area contributed by atoms with Crippen molar-refractivity contribution < 1.29 is 33.4 Å². The summed E-state index contributed by atoms with van der Waals surface area (Å²) in [7, 11) is 1.62. The van der Waals surface area contributed by atoms with Crippen molar-refractivity contribution in [2.45, 2.75) is 58.2 Å². The molecular formula is C22H41N5O7. The quantitative estimate of drug-likeness (QED) is 0.171. The number of ether oxygens (including phenoxy) is 3. The van der Waals surface area contributed by atoms with Gasteiger partial charge in [0, 0.05) is 26.2 Å². The predicted octanol–water partition coefficient (Wildman–Crippen LogP) is -0.194. The topological polar surface area (TPSA) is 153 Å². The number of nitrogens with zero attached hydrogens (tertiary/aromatic N) is 2. The zero-order chi connectivity index (χ0) is 25.6. The van der Waals surface area contributed by atoms with Crippen molar-refractivity contribution >= 4 is 23.9 Å². The van der Waals surface area contributed by atoms with Crippen LogP contribution in [-0.2, 0) is 28.6 Å². The fourth-order valence-corrected chi connectivity index (χ4v) is 4.09. The average molecular weight is 488 g/mol. The normalized spacial score (nSPS) is 19.9. The van der Waals surface area contributed by atoms with Gasteiger partial charge < -0.3 is 30.2 Å². The van der Waals surface area contributed by atoms with Gasteiger partial charge in [-0.1, -0.05) is 6.42 Å². The Kier molecular flexibility index (Phi) is 13.5. The minimum Gasteiger partial charge on any atom is -0.465 e. The monoisotopic (exact) mass is 487 g/mol. The lowest BCUT2D eigenvalue weighted by atomic mass is 9.82. The number of hydrogen-bond donors (Lipinski definition) is 3. The molecule has 4 N–H and O–H groups in total. The van der Waals surface area contributed by atoms with Crippen molar-refractivity contribution in [3.05, 3.63) is 0 Å². The van der Waals surface area contributed by atoms with E-state index in [4.69, 9.17) is 19.9 Å². The maximum atomic E-state index is 13.0. The van der Waals surface area contributed by atoms with Crippen LogP contribution in [0.2, 0.25) is 0 Å². The first-order valence-electron chi connectivity index (χ1n) is 11.9. The van der Waals surface area contributed by atoms with Crippen molar-refractivity contribution in [2.24, 2.45) is 5.73 Å². The van der Waals surface area contributed by atoms with Gasteiger partial charge in [-0.05, 0) is 40.0 Å². The minimum atomic E-state index is -1.11. The van der Waals surface area contributed by atoms with E-state index in [-0.39, 0.29) is 52.0 Å². The van der Waals surface area contributed by atoms with E-state index in [0.717, 1.165) is 12.8 Å². The Morgan fingerprint density at radius 3 is 2.03 bits per heavy atom. The highest BCUT2D eigenvalue weighted by molar-refractivity contribution is 5.77.